The molecule has 4 atom stereocenters. The van der Waals surface area contributed by atoms with E-state index < -0.39 is 53.8 Å². The van der Waals surface area contributed by atoms with Crippen LogP contribution in [-0.2, 0) is 30.4 Å². The molecular formula is C20H29N5O7. The van der Waals surface area contributed by atoms with Crippen LogP contribution < -0.4 is 27.4 Å². The number of aromatic hydroxyl groups is 1. The molecule has 0 heterocycles. The summed E-state index contributed by atoms with van der Waals surface area (Å²) in [6, 6.07) is 1.38. The normalized spacial score (nSPS) is 14.3. The molecule has 4 amide bonds. The number of aliphatic carboxylic acids is 1. The first kappa shape index (κ1) is 26.4. The van der Waals surface area contributed by atoms with E-state index in [1.807, 2.05) is 0 Å². The van der Waals surface area contributed by atoms with Gasteiger partial charge in [0, 0.05) is 12.8 Å². The van der Waals surface area contributed by atoms with Crippen molar-refractivity contribution in [3.63, 3.8) is 0 Å². The number of nitrogens with two attached hydrogens (primary N) is 2. The molecule has 176 valence electrons. The molecule has 32 heavy (non-hydrogen) atoms. The summed E-state index contributed by atoms with van der Waals surface area (Å²) in [5, 5.41) is 25.6. The summed E-state index contributed by atoms with van der Waals surface area (Å²) in [4.78, 5) is 59.7. The number of phenolic OH excluding ortho intramolecular Hbond substituents is 1. The van der Waals surface area contributed by atoms with Gasteiger partial charge >= 0.3 is 5.97 Å². The van der Waals surface area contributed by atoms with Gasteiger partial charge in [-0.1, -0.05) is 12.1 Å². The fourth-order valence-electron chi connectivity index (χ4n) is 2.58. The van der Waals surface area contributed by atoms with Gasteiger partial charge in [0.25, 0.3) is 0 Å². The number of carbonyl (C=O) groups is 5. The molecule has 1 rings (SSSR count). The number of amides is 4. The molecule has 12 heteroatoms. The number of nitrogens with one attached hydrogen (secondary N) is 3. The van der Waals surface area contributed by atoms with Crippen LogP contribution in [0.4, 0.5) is 0 Å². The van der Waals surface area contributed by atoms with Crippen molar-refractivity contribution in [2.45, 2.75) is 57.3 Å². The van der Waals surface area contributed by atoms with E-state index in [1.54, 1.807) is 12.1 Å². The number of benzene rings is 1. The first-order chi connectivity index (χ1) is 14.9. The van der Waals surface area contributed by atoms with Crippen LogP contribution in [0.5, 0.6) is 5.75 Å². The lowest BCUT2D eigenvalue weighted by molar-refractivity contribution is -0.142. The first-order valence-corrected chi connectivity index (χ1v) is 9.86. The summed E-state index contributed by atoms with van der Waals surface area (Å²) in [5.74, 6) is -4.16. The van der Waals surface area contributed by atoms with Gasteiger partial charge in [0.15, 0.2) is 0 Å². The molecule has 0 aliphatic heterocycles. The van der Waals surface area contributed by atoms with Crippen molar-refractivity contribution in [3.05, 3.63) is 29.8 Å². The summed E-state index contributed by atoms with van der Waals surface area (Å²) in [7, 11) is 0. The summed E-state index contributed by atoms with van der Waals surface area (Å²) >= 11 is 0. The van der Waals surface area contributed by atoms with Gasteiger partial charge in [-0.05, 0) is 38.0 Å². The third kappa shape index (κ3) is 9.00. The second-order valence-electron chi connectivity index (χ2n) is 7.36. The average molecular weight is 451 g/mol. The van der Waals surface area contributed by atoms with E-state index in [1.165, 1.54) is 26.0 Å². The minimum absolute atomic E-state index is 0.0141. The van der Waals surface area contributed by atoms with Crippen molar-refractivity contribution in [2.75, 3.05) is 0 Å². The van der Waals surface area contributed by atoms with Crippen molar-refractivity contribution in [2.24, 2.45) is 11.5 Å². The average Bonchev–Trinajstić information content (AvgIpc) is 2.71. The molecule has 0 aromatic heterocycles. The molecule has 0 fully saturated rings. The first-order valence-electron chi connectivity index (χ1n) is 9.86. The fourth-order valence-corrected chi connectivity index (χ4v) is 2.58. The van der Waals surface area contributed by atoms with Gasteiger partial charge in [0.1, 0.15) is 23.9 Å². The summed E-state index contributed by atoms with van der Waals surface area (Å²) in [6.45, 7) is 2.67. The molecule has 4 unspecified atom stereocenters. The van der Waals surface area contributed by atoms with Crippen LogP contribution in [-0.4, -0.2) is 64.0 Å². The van der Waals surface area contributed by atoms with Gasteiger partial charge in [-0.15, -0.1) is 0 Å². The molecule has 12 nitrogen and oxygen atoms in total. The number of rotatable bonds is 12. The number of phenols is 1. The monoisotopic (exact) mass is 451 g/mol. The van der Waals surface area contributed by atoms with Crippen LogP contribution in [0.3, 0.4) is 0 Å². The van der Waals surface area contributed by atoms with Gasteiger partial charge in [-0.2, -0.15) is 0 Å². The Morgan fingerprint density at radius 3 is 1.94 bits per heavy atom. The van der Waals surface area contributed by atoms with E-state index in [2.05, 4.69) is 16.0 Å². The SMILES string of the molecule is CC(N)C(=O)NC(Cc1ccc(O)cc1)C(=O)NC(CCC(N)=O)C(=O)NC(C)C(=O)O. The Morgan fingerprint density at radius 1 is 0.906 bits per heavy atom. The van der Waals surface area contributed by atoms with Crippen molar-refractivity contribution in [1.29, 1.82) is 0 Å². The van der Waals surface area contributed by atoms with Crippen molar-refractivity contribution in [3.8, 4) is 5.75 Å². The highest BCUT2D eigenvalue weighted by atomic mass is 16.4. The highest BCUT2D eigenvalue weighted by Gasteiger charge is 2.29. The molecule has 0 saturated carbocycles. The number of hydrogen-bond acceptors (Lipinski definition) is 7. The van der Waals surface area contributed by atoms with Gasteiger partial charge in [0.2, 0.25) is 23.6 Å². The second kappa shape index (κ2) is 12.2. The third-order valence-electron chi connectivity index (χ3n) is 4.46. The molecular weight excluding hydrogens is 422 g/mol. The van der Waals surface area contributed by atoms with E-state index in [0.29, 0.717) is 5.56 Å². The highest BCUT2D eigenvalue weighted by Crippen LogP contribution is 2.12. The number of carboxylic acid groups (broad SMARTS) is 1. The molecule has 1 aromatic rings. The number of hydrogen-bond donors (Lipinski definition) is 7. The van der Waals surface area contributed by atoms with Crippen molar-refractivity contribution >= 4 is 29.6 Å². The Morgan fingerprint density at radius 2 is 1.44 bits per heavy atom. The quantitative estimate of drug-likeness (QED) is 0.190. The van der Waals surface area contributed by atoms with E-state index in [-0.39, 0.29) is 25.0 Å². The smallest absolute Gasteiger partial charge is 0.325 e. The van der Waals surface area contributed by atoms with Gasteiger partial charge < -0.3 is 37.6 Å². The minimum Gasteiger partial charge on any atom is -0.508 e. The Labute approximate surface area is 184 Å². The maximum atomic E-state index is 12.9. The molecule has 0 aliphatic rings. The highest BCUT2D eigenvalue weighted by molar-refractivity contribution is 5.94. The lowest BCUT2D eigenvalue weighted by atomic mass is 10.0. The molecule has 0 spiro atoms. The molecule has 0 radical (unpaired) electrons. The summed E-state index contributed by atoms with van der Waals surface area (Å²) in [6.07, 6.45) is -0.401. The van der Waals surface area contributed by atoms with E-state index >= 15 is 0 Å². The Balaban J connectivity index is 3.05. The van der Waals surface area contributed by atoms with E-state index in [9.17, 15) is 29.1 Å². The van der Waals surface area contributed by atoms with Crippen LogP contribution in [0.1, 0.15) is 32.3 Å². The molecule has 9 N–H and O–H groups in total. The predicted molar refractivity (Wildman–Crippen MR) is 113 cm³/mol. The summed E-state index contributed by atoms with van der Waals surface area (Å²) in [5.41, 5.74) is 11.3. The van der Waals surface area contributed by atoms with Crippen LogP contribution in [0, 0.1) is 0 Å². The molecule has 0 aliphatic carbocycles. The lowest BCUT2D eigenvalue weighted by Crippen LogP contribution is -2.57. The second-order valence-corrected chi connectivity index (χ2v) is 7.36. The zero-order valence-corrected chi connectivity index (χ0v) is 17.8. The Kier molecular flexibility index (Phi) is 10.1. The zero-order valence-electron chi connectivity index (χ0n) is 17.8. The number of carboxylic acids is 1. The molecule has 0 bridgehead atoms. The topological polar surface area (TPSA) is 214 Å². The van der Waals surface area contributed by atoms with E-state index in [0.717, 1.165) is 0 Å². The largest absolute Gasteiger partial charge is 0.508 e. The van der Waals surface area contributed by atoms with E-state index in [4.69, 9.17) is 16.6 Å². The zero-order chi connectivity index (χ0) is 24.4. The Bertz CT molecular complexity index is 841. The maximum Gasteiger partial charge on any atom is 0.325 e. The number of primary amides is 1. The fraction of sp³-hybridized carbons (Fsp3) is 0.450. The van der Waals surface area contributed by atoms with Crippen LogP contribution in [0.25, 0.3) is 0 Å². The Hall–Kier alpha value is -3.67. The number of carbonyl (C=O) groups excluding carboxylic acids is 4. The van der Waals surface area contributed by atoms with Crippen LogP contribution in [0.2, 0.25) is 0 Å². The van der Waals surface area contributed by atoms with Gasteiger partial charge in [-0.3, -0.25) is 24.0 Å². The van der Waals surface area contributed by atoms with Crippen LogP contribution >= 0.6 is 0 Å². The molecule has 0 saturated heterocycles. The van der Waals surface area contributed by atoms with Gasteiger partial charge in [0.05, 0.1) is 6.04 Å². The standard InChI is InChI=1S/C20H29N5O7/c1-10(21)17(28)25-15(9-12-3-5-13(26)6-4-12)19(30)24-14(7-8-16(22)27)18(29)23-11(2)20(31)32/h3-6,10-11,14-15,26H,7-9,21H2,1-2H3,(H2,22,27)(H,23,29)(H,24,30)(H,25,28)(H,31,32). The summed E-state index contributed by atoms with van der Waals surface area (Å²) < 4.78 is 0. The third-order valence-corrected chi connectivity index (χ3v) is 4.46. The minimum atomic E-state index is -1.28. The van der Waals surface area contributed by atoms with Crippen LogP contribution in [0.15, 0.2) is 24.3 Å². The van der Waals surface area contributed by atoms with Crippen molar-refractivity contribution < 1.29 is 34.2 Å². The van der Waals surface area contributed by atoms with Gasteiger partial charge in [-0.25, -0.2) is 0 Å². The van der Waals surface area contributed by atoms with Crippen molar-refractivity contribution in [1.82, 2.24) is 16.0 Å². The molecule has 1 aromatic carbocycles. The maximum absolute atomic E-state index is 12.9. The predicted octanol–water partition coefficient (Wildman–Crippen LogP) is -1.89. The lowest BCUT2D eigenvalue weighted by Gasteiger charge is -2.24.